The van der Waals surface area contributed by atoms with Gasteiger partial charge in [-0.2, -0.15) is 4.99 Å². The molecule has 2 aromatic carbocycles. The van der Waals surface area contributed by atoms with Crippen molar-refractivity contribution in [1.29, 1.82) is 0 Å². The topological polar surface area (TPSA) is 87.0 Å². The Morgan fingerprint density at radius 3 is 2.66 bits per heavy atom. The number of carbonyl (C=O) groups excluding carboxylic acids is 1. The molecule has 1 amide bonds. The molecule has 1 aliphatic rings. The predicted molar refractivity (Wildman–Crippen MR) is 108 cm³/mol. The first kappa shape index (κ1) is 19.2. The monoisotopic (exact) mass is 428 g/mol. The largest absolute Gasteiger partial charge is 0.454 e. The number of fused-ring (bicyclic) bond motifs is 2. The molecule has 148 valence electrons. The first-order chi connectivity index (χ1) is 14.0. The summed E-state index contributed by atoms with van der Waals surface area (Å²) in [7, 11) is -3.55. The molecule has 29 heavy (non-hydrogen) atoms. The van der Waals surface area contributed by atoms with Gasteiger partial charge in [-0.25, -0.2) is 8.42 Å². The number of carbonyl (C=O) groups is 1. The van der Waals surface area contributed by atoms with Crippen LogP contribution in [0, 0.1) is 12.3 Å². The van der Waals surface area contributed by atoms with Crippen molar-refractivity contribution in [3.05, 3.63) is 47.3 Å². The highest BCUT2D eigenvalue weighted by molar-refractivity contribution is 7.91. The van der Waals surface area contributed by atoms with Gasteiger partial charge in [0.05, 0.1) is 27.4 Å². The molecular formula is C20H16N2O5S2. The highest BCUT2D eigenvalue weighted by Crippen LogP contribution is 2.36. The average Bonchev–Trinajstić information content (AvgIpc) is 3.30. The molecule has 0 radical (unpaired) electrons. The van der Waals surface area contributed by atoms with Gasteiger partial charge in [0.25, 0.3) is 0 Å². The van der Waals surface area contributed by atoms with E-state index in [-0.39, 0.29) is 30.4 Å². The molecule has 4 rings (SSSR count). The van der Waals surface area contributed by atoms with Crippen LogP contribution in [0.4, 0.5) is 0 Å². The van der Waals surface area contributed by atoms with E-state index in [2.05, 4.69) is 10.9 Å². The van der Waals surface area contributed by atoms with Gasteiger partial charge in [-0.1, -0.05) is 35.5 Å². The number of benzene rings is 2. The molecule has 0 spiro atoms. The third kappa shape index (κ3) is 3.90. The Bertz CT molecular complexity index is 1300. The van der Waals surface area contributed by atoms with Crippen LogP contribution in [-0.4, -0.2) is 31.4 Å². The Morgan fingerprint density at radius 1 is 1.21 bits per heavy atom. The Balaban J connectivity index is 1.62. The van der Waals surface area contributed by atoms with E-state index in [0.29, 0.717) is 16.3 Å². The molecule has 0 saturated carbocycles. The minimum Gasteiger partial charge on any atom is -0.454 e. The maximum absolute atomic E-state index is 12.4. The molecular weight excluding hydrogens is 412 g/mol. The Labute approximate surface area is 171 Å². The van der Waals surface area contributed by atoms with Gasteiger partial charge in [0, 0.05) is 18.6 Å². The Morgan fingerprint density at radius 2 is 1.93 bits per heavy atom. The van der Waals surface area contributed by atoms with Gasteiger partial charge in [-0.05, 0) is 12.1 Å². The van der Waals surface area contributed by atoms with Crippen LogP contribution in [-0.2, 0) is 21.2 Å². The fraction of sp³-hybridized carbons (Fsp3) is 0.200. The van der Waals surface area contributed by atoms with Crippen molar-refractivity contribution < 1.29 is 22.7 Å². The Hall–Kier alpha value is -3.09. The number of terminal acetylenes is 1. The molecule has 0 bridgehead atoms. The number of hydrogen-bond donors (Lipinski definition) is 0. The number of thiazole rings is 1. The van der Waals surface area contributed by atoms with Crippen molar-refractivity contribution in [3.63, 3.8) is 0 Å². The highest BCUT2D eigenvalue weighted by atomic mass is 32.2. The number of ether oxygens (including phenoxy) is 2. The van der Waals surface area contributed by atoms with E-state index >= 15 is 0 Å². The molecule has 0 aliphatic carbocycles. The van der Waals surface area contributed by atoms with Gasteiger partial charge in [-0.15, -0.1) is 6.42 Å². The maximum atomic E-state index is 12.4. The minimum absolute atomic E-state index is 0.160. The van der Waals surface area contributed by atoms with E-state index in [1.54, 1.807) is 28.8 Å². The lowest BCUT2D eigenvalue weighted by Gasteiger charge is -2.03. The number of nitrogens with zero attached hydrogens (tertiary/aromatic N) is 2. The summed E-state index contributed by atoms with van der Waals surface area (Å²) in [6.07, 6.45) is 5.26. The van der Waals surface area contributed by atoms with Crippen LogP contribution in [0.15, 0.2) is 52.4 Å². The lowest BCUT2D eigenvalue weighted by atomic mass is 10.3. The smallest absolute Gasteiger partial charge is 0.249 e. The van der Waals surface area contributed by atoms with E-state index in [0.717, 1.165) is 10.2 Å². The van der Waals surface area contributed by atoms with E-state index in [9.17, 15) is 13.2 Å². The van der Waals surface area contributed by atoms with Crippen molar-refractivity contribution in [2.24, 2.45) is 4.99 Å². The predicted octanol–water partition coefficient (Wildman–Crippen LogP) is 2.36. The Kier molecular flexibility index (Phi) is 5.13. The normalized spacial score (nSPS) is 13.6. The fourth-order valence-corrected chi connectivity index (χ4v) is 5.23. The molecule has 0 N–H and O–H groups in total. The second kappa shape index (κ2) is 7.73. The van der Waals surface area contributed by atoms with Crippen LogP contribution in [0.3, 0.4) is 0 Å². The maximum Gasteiger partial charge on any atom is 0.249 e. The quantitative estimate of drug-likeness (QED) is 0.582. The molecule has 0 saturated heterocycles. The number of rotatable bonds is 5. The third-order valence-electron chi connectivity index (χ3n) is 4.33. The van der Waals surface area contributed by atoms with Crippen molar-refractivity contribution >= 4 is 37.3 Å². The van der Waals surface area contributed by atoms with Crippen LogP contribution in [0.25, 0.3) is 10.2 Å². The number of amides is 1. The zero-order valence-corrected chi connectivity index (χ0v) is 16.8. The summed E-state index contributed by atoms with van der Waals surface area (Å²) in [6.45, 7) is 0.376. The average molecular weight is 428 g/mol. The lowest BCUT2D eigenvalue weighted by Crippen LogP contribution is -2.18. The van der Waals surface area contributed by atoms with Crippen LogP contribution in [0.5, 0.6) is 11.5 Å². The number of sulfone groups is 1. The van der Waals surface area contributed by atoms with Gasteiger partial charge in [0.2, 0.25) is 12.7 Å². The second-order valence-corrected chi connectivity index (χ2v) is 9.35. The SMILES string of the molecule is C#CCn1c(=NC(=O)CCS(=O)(=O)c2ccccc2)sc2cc3c(cc21)OCO3. The molecule has 7 nitrogen and oxygen atoms in total. The van der Waals surface area contributed by atoms with E-state index < -0.39 is 15.7 Å². The van der Waals surface area contributed by atoms with Crippen LogP contribution in [0.2, 0.25) is 0 Å². The summed E-state index contributed by atoms with van der Waals surface area (Å²) in [6, 6.07) is 11.7. The van der Waals surface area contributed by atoms with E-state index in [4.69, 9.17) is 15.9 Å². The van der Waals surface area contributed by atoms with Gasteiger partial charge < -0.3 is 14.0 Å². The van der Waals surface area contributed by atoms with Gasteiger partial charge in [0.15, 0.2) is 26.1 Å². The summed E-state index contributed by atoms with van der Waals surface area (Å²) >= 11 is 1.28. The molecule has 0 atom stereocenters. The summed E-state index contributed by atoms with van der Waals surface area (Å²) in [4.78, 5) is 17.1. The van der Waals surface area contributed by atoms with Crippen LogP contribution < -0.4 is 14.3 Å². The standard InChI is InChI=1S/C20H16N2O5S2/c1-2-9-22-15-11-16-17(27-13-26-16)12-18(15)28-20(22)21-19(23)8-10-29(24,25)14-6-4-3-5-7-14/h1,3-7,11-12H,8-10,13H2. The van der Waals surface area contributed by atoms with Crippen molar-refractivity contribution in [2.75, 3.05) is 12.5 Å². The molecule has 1 aliphatic heterocycles. The summed E-state index contributed by atoms with van der Waals surface area (Å²) in [5, 5.41) is 0. The van der Waals surface area contributed by atoms with Gasteiger partial charge in [-0.3, -0.25) is 4.79 Å². The first-order valence-electron chi connectivity index (χ1n) is 8.70. The second-order valence-electron chi connectivity index (χ2n) is 6.24. The molecule has 9 heteroatoms. The summed E-state index contributed by atoms with van der Waals surface area (Å²) in [5.41, 5.74) is 0.778. The zero-order chi connectivity index (χ0) is 20.4. The number of hydrogen-bond acceptors (Lipinski definition) is 6. The van der Waals surface area contributed by atoms with Crippen LogP contribution in [0.1, 0.15) is 6.42 Å². The molecule has 1 aromatic heterocycles. The first-order valence-corrected chi connectivity index (χ1v) is 11.2. The minimum atomic E-state index is -3.55. The fourth-order valence-electron chi connectivity index (χ4n) is 2.92. The van der Waals surface area contributed by atoms with Crippen molar-refractivity contribution in [3.8, 4) is 23.8 Å². The van der Waals surface area contributed by atoms with E-state index in [1.165, 1.54) is 23.5 Å². The lowest BCUT2D eigenvalue weighted by molar-refractivity contribution is -0.117. The summed E-state index contributed by atoms with van der Waals surface area (Å²) in [5.74, 6) is 2.94. The van der Waals surface area contributed by atoms with E-state index in [1.807, 2.05) is 6.07 Å². The van der Waals surface area contributed by atoms with Gasteiger partial charge >= 0.3 is 0 Å². The zero-order valence-electron chi connectivity index (χ0n) is 15.2. The number of aromatic nitrogens is 1. The highest BCUT2D eigenvalue weighted by Gasteiger charge is 2.19. The third-order valence-corrected chi connectivity index (χ3v) is 7.11. The molecule has 3 aromatic rings. The van der Waals surface area contributed by atoms with Crippen molar-refractivity contribution in [1.82, 2.24) is 4.57 Å². The van der Waals surface area contributed by atoms with Crippen LogP contribution >= 0.6 is 11.3 Å². The van der Waals surface area contributed by atoms with Gasteiger partial charge in [0.1, 0.15) is 0 Å². The molecule has 0 unspecified atom stereocenters. The van der Waals surface area contributed by atoms with Crippen molar-refractivity contribution in [2.45, 2.75) is 17.9 Å². The molecule has 0 fully saturated rings. The molecule has 2 heterocycles. The summed E-state index contributed by atoms with van der Waals surface area (Å²) < 4.78 is 38.1.